The summed E-state index contributed by atoms with van der Waals surface area (Å²) in [6.45, 7) is 14.8. The SMILES string of the molecule is CC(C)(C)C.CCC.CN=C(C)c1cc(Br)ccc1F. The second-order valence-electron chi connectivity index (χ2n) is 6.14. The molecule has 0 saturated carbocycles. The average molecular weight is 346 g/mol. The summed E-state index contributed by atoms with van der Waals surface area (Å²) in [7, 11) is 1.65. The van der Waals surface area contributed by atoms with Crippen molar-refractivity contribution < 1.29 is 4.39 Å². The molecule has 3 heteroatoms. The van der Waals surface area contributed by atoms with Gasteiger partial charge in [0.05, 0.1) is 0 Å². The van der Waals surface area contributed by atoms with E-state index in [1.807, 2.05) is 0 Å². The van der Waals surface area contributed by atoms with Gasteiger partial charge in [-0.1, -0.05) is 63.9 Å². The highest BCUT2D eigenvalue weighted by Crippen LogP contribution is 2.16. The van der Waals surface area contributed by atoms with Crippen molar-refractivity contribution in [2.75, 3.05) is 7.05 Å². The predicted molar refractivity (Wildman–Crippen MR) is 93.3 cm³/mol. The first kappa shape index (κ1) is 21.6. The lowest BCUT2D eigenvalue weighted by atomic mass is 10.0. The Morgan fingerprint density at radius 3 is 1.95 bits per heavy atom. The Morgan fingerprint density at radius 2 is 1.60 bits per heavy atom. The maximum absolute atomic E-state index is 13.1. The van der Waals surface area contributed by atoms with Crippen LogP contribution in [0.5, 0.6) is 0 Å². The molecule has 0 atom stereocenters. The molecule has 1 aromatic rings. The normalized spacial score (nSPS) is 11.0. The second-order valence-corrected chi connectivity index (χ2v) is 7.06. The van der Waals surface area contributed by atoms with Crippen molar-refractivity contribution in [1.82, 2.24) is 0 Å². The van der Waals surface area contributed by atoms with E-state index >= 15 is 0 Å². The number of nitrogens with zero attached hydrogens (tertiary/aromatic N) is 1. The molecule has 0 N–H and O–H groups in total. The average Bonchev–Trinajstić information content (AvgIpc) is 2.30. The largest absolute Gasteiger partial charge is 0.293 e. The van der Waals surface area contributed by atoms with E-state index in [9.17, 15) is 4.39 Å². The summed E-state index contributed by atoms with van der Waals surface area (Å²) in [6, 6.07) is 4.81. The monoisotopic (exact) mass is 345 g/mol. The van der Waals surface area contributed by atoms with Crippen molar-refractivity contribution in [3.8, 4) is 0 Å². The van der Waals surface area contributed by atoms with Gasteiger partial charge in [0, 0.05) is 22.8 Å². The summed E-state index contributed by atoms with van der Waals surface area (Å²) >= 11 is 3.27. The van der Waals surface area contributed by atoms with Gasteiger partial charge in [-0.25, -0.2) is 4.39 Å². The van der Waals surface area contributed by atoms with Crippen molar-refractivity contribution in [1.29, 1.82) is 0 Å². The van der Waals surface area contributed by atoms with Gasteiger partial charge in [0.25, 0.3) is 0 Å². The van der Waals surface area contributed by atoms with Crippen molar-refractivity contribution in [3.05, 3.63) is 34.1 Å². The molecule has 1 rings (SSSR count). The minimum absolute atomic E-state index is 0.235. The van der Waals surface area contributed by atoms with Crippen LogP contribution in [0.1, 0.15) is 60.5 Å². The number of halogens is 2. The summed E-state index contributed by atoms with van der Waals surface area (Å²) in [5.41, 5.74) is 1.75. The molecule has 116 valence electrons. The van der Waals surface area contributed by atoms with Crippen LogP contribution in [0.25, 0.3) is 0 Å². The Morgan fingerprint density at radius 1 is 1.20 bits per heavy atom. The van der Waals surface area contributed by atoms with Gasteiger partial charge in [0.15, 0.2) is 0 Å². The van der Waals surface area contributed by atoms with Crippen LogP contribution in [0.15, 0.2) is 27.7 Å². The quantitative estimate of drug-likeness (QED) is 0.515. The van der Waals surface area contributed by atoms with Crippen LogP contribution in [-0.4, -0.2) is 12.8 Å². The summed E-state index contributed by atoms with van der Waals surface area (Å²) in [5, 5.41) is 0. The van der Waals surface area contributed by atoms with E-state index in [2.05, 4.69) is 62.5 Å². The lowest BCUT2D eigenvalue weighted by molar-refractivity contribution is 0.469. The van der Waals surface area contributed by atoms with Crippen molar-refractivity contribution in [2.45, 2.75) is 54.9 Å². The number of benzene rings is 1. The van der Waals surface area contributed by atoms with E-state index < -0.39 is 0 Å². The molecule has 0 bridgehead atoms. The lowest BCUT2D eigenvalue weighted by Gasteiger charge is -2.05. The van der Waals surface area contributed by atoms with E-state index in [1.54, 1.807) is 26.1 Å². The van der Waals surface area contributed by atoms with Gasteiger partial charge in [0.1, 0.15) is 5.82 Å². The fraction of sp³-hybridized carbons (Fsp3) is 0.588. The molecule has 20 heavy (non-hydrogen) atoms. The van der Waals surface area contributed by atoms with E-state index in [-0.39, 0.29) is 5.82 Å². The first-order valence-corrected chi connectivity index (χ1v) is 7.74. The first-order valence-electron chi connectivity index (χ1n) is 6.95. The molecule has 0 heterocycles. The molecule has 0 unspecified atom stereocenters. The molecule has 0 radical (unpaired) electrons. The third-order valence-electron chi connectivity index (χ3n) is 1.65. The van der Waals surface area contributed by atoms with Crippen LogP contribution in [0.2, 0.25) is 0 Å². The zero-order chi connectivity index (χ0) is 16.3. The van der Waals surface area contributed by atoms with Gasteiger partial charge in [0.2, 0.25) is 0 Å². The van der Waals surface area contributed by atoms with Gasteiger partial charge in [-0.05, 0) is 30.5 Å². The number of aliphatic imine (C=N–C) groups is 1. The maximum Gasteiger partial charge on any atom is 0.132 e. The van der Waals surface area contributed by atoms with E-state index in [1.165, 1.54) is 12.5 Å². The van der Waals surface area contributed by atoms with E-state index in [0.717, 1.165) is 4.47 Å². The van der Waals surface area contributed by atoms with Gasteiger partial charge in [-0.3, -0.25) is 4.99 Å². The smallest absolute Gasteiger partial charge is 0.132 e. The highest BCUT2D eigenvalue weighted by molar-refractivity contribution is 9.10. The molecular weight excluding hydrogens is 317 g/mol. The fourth-order valence-corrected chi connectivity index (χ4v) is 1.26. The summed E-state index contributed by atoms with van der Waals surface area (Å²) in [5.74, 6) is -0.235. The minimum Gasteiger partial charge on any atom is -0.293 e. The molecule has 0 aliphatic carbocycles. The Balaban J connectivity index is 0. The van der Waals surface area contributed by atoms with Gasteiger partial charge < -0.3 is 0 Å². The van der Waals surface area contributed by atoms with Crippen LogP contribution in [0, 0.1) is 11.2 Å². The van der Waals surface area contributed by atoms with Gasteiger partial charge in [-0.15, -0.1) is 0 Å². The number of hydrogen-bond acceptors (Lipinski definition) is 1. The molecule has 0 aliphatic heterocycles. The first-order chi connectivity index (χ1) is 9.06. The zero-order valence-corrected chi connectivity index (χ0v) is 15.7. The Labute approximate surface area is 132 Å². The highest BCUT2D eigenvalue weighted by Gasteiger charge is 2.04. The highest BCUT2D eigenvalue weighted by atomic mass is 79.9. The third-order valence-corrected chi connectivity index (χ3v) is 2.15. The van der Waals surface area contributed by atoms with Gasteiger partial charge in [-0.2, -0.15) is 0 Å². The summed E-state index contributed by atoms with van der Waals surface area (Å²) in [4.78, 5) is 3.92. The van der Waals surface area contributed by atoms with Crippen LogP contribution in [0.4, 0.5) is 4.39 Å². The number of rotatable bonds is 1. The van der Waals surface area contributed by atoms with E-state index in [0.29, 0.717) is 16.7 Å². The van der Waals surface area contributed by atoms with Crippen LogP contribution >= 0.6 is 15.9 Å². The lowest BCUT2D eigenvalue weighted by Crippen LogP contribution is -1.98. The molecule has 0 fully saturated rings. The topological polar surface area (TPSA) is 12.4 Å². The van der Waals surface area contributed by atoms with Crippen LogP contribution < -0.4 is 0 Å². The maximum atomic E-state index is 13.1. The third kappa shape index (κ3) is 13.7. The van der Waals surface area contributed by atoms with Crippen molar-refractivity contribution >= 4 is 21.6 Å². The molecular formula is C17H29BrFN. The minimum atomic E-state index is -0.235. The Kier molecular flexibility index (Phi) is 11.9. The zero-order valence-electron chi connectivity index (χ0n) is 14.1. The van der Waals surface area contributed by atoms with Crippen LogP contribution in [0.3, 0.4) is 0 Å². The molecule has 0 saturated heterocycles. The fourth-order valence-electron chi connectivity index (χ4n) is 0.895. The Bertz CT molecular complexity index is 400. The Hall–Kier alpha value is -0.700. The molecule has 0 aliphatic rings. The standard InChI is InChI=1S/C9H9BrFN.C5H12.C3H8/c1-6(12-2)8-5-7(10)3-4-9(8)11;1-5(2,3)4;1-3-2/h3-5H,1-2H3;1-4H3;3H2,1-2H3. The van der Waals surface area contributed by atoms with Crippen LogP contribution in [-0.2, 0) is 0 Å². The molecule has 1 nitrogen and oxygen atoms in total. The summed E-state index contributed by atoms with van der Waals surface area (Å²) in [6.07, 6.45) is 1.25. The van der Waals surface area contributed by atoms with Gasteiger partial charge >= 0.3 is 0 Å². The second kappa shape index (κ2) is 11.0. The van der Waals surface area contributed by atoms with Crippen molar-refractivity contribution in [3.63, 3.8) is 0 Å². The molecule has 1 aromatic carbocycles. The van der Waals surface area contributed by atoms with Crippen molar-refractivity contribution in [2.24, 2.45) is 10.4 Å². The number of hydrogen-bond donors (Lipinski definition) is 0. The van der Waals surface area contributed by atoms with E-state index in [4.69, 9.17) is 0 Å². The molecule has 0 aromatic heterocycles. The molecule has 0 spiro atoms. The summed E-state index contributed by atoms with van der Waals surface area (Å²) < 4.78 is 14.0. The molecule has 0 amide bonds. The predicted octanol–water partition coefficient (Wildman–Crippen LogP) is 6.50.